The minimum Gasteiger partial charge on any atom is -0.452 e. The van der Waals surface area contributed by atoms with E-state index in [1.54, 1.807) is 6.07 Å². The Bertz CT molecular complexity index is 686. The number of hydrogen-bond acceptors (Lipinski definition) is 3. The molecule has 0 fully saturated rings. The van der Waals surface area contributed by atoms with E-state index < -0.39 is 10.7 Å². The molecule has 0 atom stereocenters. The van der Waals surface area contributed by atoms with Crippen molar-refractivity contribution in [2.75, 3.05) is 0 Å². The van der Waals surface area contributed by atoms with Crippen LogP contribution in [0.4, 0.5) is 10.1 Å². The smallest absolute Gasteiger partial charge is 0.271 e. The van der Waals surface area contributed by atoms with Gasteiger partial charge in [0.2, 0.25) is 0 Å². The SMILES string of the molecule is O=[N+]([O-])c1cc(Br)c(Oc2ccc(CBr)cc2F)c(Br)c1. The summed E-state index contributed by atoms with van der Waals surface area (Å²) in [6.07, 6.45) is 0. The van der Waals surface area contributed by atoms with Crippen LogP contribution in [0.15, 0.2) is 39.3 Å². The van der Waals surface area contributed by atoms with Crippen molar-refractivity contribution in [3.8, 4) is 11.5 Å². The Morgan fingerprint density at radius 2 is 1.81 bits per heavy atom. The first kappa shape index (κ1) is 16.4. The summed E-state index contributed by atoms with van der Waals surface area (Å²) in [7, 11) is 0. The number of non-ortho nitro benzene ring substituents is 1. The lowest BCUT2D eigenvalue weighted by molar-refractivity contribution is -0.385. The van der Waals surface area contributed by atoms with Gasteiger partial charge in [0.05, 0.1) is 13.9 Å². The van der Waals surface area contributed by atoms with Gasteiger partial charge in [-0.2, -0.15) is 0 Å². The van der Waals surface area contributed by atoms with Crippen molar-refractivity contribution in [2.24, 2.45) is 0 Å². The molecular formula is C13H7Br3FNO3. The van der Waals surface area contributed by atoms with Crippen molar-refractivity contribution in [1.29, 1.82) is 0 Å². The zero-order valence-electron chi connectivity index (χ0n) is 10.3. The minimum absolute atomic E-state index is 0.0370. The van der Waals surface area contributed by atoms with E-state index in [0.717, 1.165) is 5.56 Å². The summed E-state index contributed by atoms with van der Waals surface area (Å²) in [4.78, 5) is 10.2. The highest BCUT2D eigenvalue weighted by molar-refractivity contribution is 9.11. The Morgan fingerprint density at radius 3 is 2.29 bits per heavy atom. The molecule has 2 rings (SSSR count). The third kappa shape index (κ3) is 3.81. The summed E-state index contributed by atoms with van der Waals surface area (Å²) in [5.74, 6) is -0.204. The zero-order valence-corrected chi connectivity index (χ0v) is 15.0. The number of nitro benzene ring substituents is 1. The number of ether oxygens (including phenoxy) is 1. The molecule has 0 radical (unpaired) electrons. The third-order valence-corrected chi connectivity index (χ3v) is 4.38. The molecule has 8 heteroatoms. The summed E-state index contributed by atoms with van der Waals surface area (Å²) in [6, 6.07) is 7.18. The van der Waals surface area contributed by atoms with Crippen LogP contribution in [0.1, 0.15) is 5.56 Å². The third-order valence-electron chi connectivity index (χ3n) is 2.56. The molecule has 0 bridgehead atoms. The Balaban J connectivity index is 2.38. The highest BCUT2D eigenvalue weighted by Crippen LogP contribution is 2.40. The maximum Gasteiger partial charge on any atom is 0.271 e. The van der Waals surface area contributed by atoms with Crippen molar-refractivity contribution in [3.63, 3.8) is 0 Å². The first-order valence-electron chi connectivity index (χ1n) is 5.58. The molecule has 0 aromatic heterocycles. The van der Waals surface area contributed by atoms with Crippen LogP contribution in [0.25, 0.3) is 0 Å². The Kier molecular flexibility index (Phi) is 5.34. The van der Waals surface area contributed by atoms with Gasteiger partial charge in [0.15, 0.2) is 17.3 Å². The fourth-order valence-corrected chi connectivity index (χ4v) is 3.24. The van der Waals surface area contributed by atoms with Crippen LogP contribution in [-0.2, 0) is 5.33 Å². The fourth-order valence-electron chi connectivity index (χ4n) is 1.57. The molecule has 0 unspecified atom stereocenters. The van der Waals surface area contributed by atoms with E-state index in [9.17, 15) is 14.5 Å². The summed E-state index contributed by atoms with van der Waals surface area (Å²) in [5, 5.41) is 11.3. The molecule has 0 N–H and O–H groups in total. The average molecular weight is 484 g/mol. The predicted molar refractivity (Wildman–Crippen MR) is 87.6 cm³/mol. The molecule has 0 spiro atoms. The number of alkyl halides is 1. The van der Waals surface area contributed by atoms with Gasteiger partial charge in [0.25, 0.3) is 5.69 Å². The molecule has 0 aliphatic rings. The van der Waals surface area contributed by atoms with Gasteiger partial charge in [0.1, 0.15) is 0 Å². The molecule has 0 heterocycles. The van der Waals surface area contributed by atoms with E-state index in [1.807, 2.05) is 0 Å². The Labute approximate surface area is 144 Å². The van der Waals surface area contributed by atoms with Crippen molar-refractivity contribution >= 4 is 53.5 Å². The maximum atomic E-state index is 13.9. The van der Waals surface area contributed by atoms with E-state index in [0.29, 0.717) is 14.3 Å². The lowest BCUT2D eigenvalue weighted by Gasteiger charge is -2.11. The van der Waals surface area contributed by atoms with Gasteiger partial charge in [-0.05, 0) is 49.6 Å². The fraction of sp³-hybridized carbons (Fsp3) is 0.0769. The van der Waals surface area contributed by atoms with E-state index in [-0.39, 0.29) is 17.2 Å². The number of halogens is 4. The molecule has 0 saturated heterocycles. The van der Waals surface area contributed by atoms with Crippen LogP contribution in [-0.4, -0.2) is 4.92 Å². The van der Waals surface area contributed by atoms with Gasteiger partial charge in [-0.3, -0.25) is 10.1 Å². The molecule has 0 saturated carbocycles. The lowest BCUT2D eigenvalue weighted by Crippen LogP contribution is -1.94. The standard InChI is InChI=1S/C13H7Br3FNO3/c14-6-7-1-2-12(11(17)3-7)21-13-9(15)4-8(18(19)20)5-10(13)16/h1-5H,6H2. The highest BCUT2D eigenvalue weighted by atomic mass is 79.9. The summed E-state index contributed by atoms with van der Waals surface area (Å²) >= 11 is 9.62. The van der Waals surface area contributed by atoms with Crippen molar-refractivity contribution in [3.05, 3.63) is 60.8 Å². The van der Waals surface area contributed by atoms with Crippen LogP contribution >= 0.6 is 47.8 Å². The monoisotopic (exact) mass is 481 g/mol. The van der Waals surface area contributed by atoms with Gasteiger partial charge in [-0.25, -0.2) is 4.39 Å². The Morgan fingerprint density at radius 1 is 1.19 bits per heavy atom. The molecule has 2 aromatic carbocycles. The first-order valence-corrected chi connectivity index (χ1v) is 8.28. The number of benzene rings is 2. The largest absolute Gasteiger partial charge is 0.452 e. The average Bonchev–Trinajstić information content (AvgIpc) is 2.43. The second-order valence-electron chi connectivity index (χ2n) is 4.00. The second kappa shape index (κ2) is 6.85. The molecule has 0 aliphatic heterocycles. The normalized spacial score (nSPS) is 10.5. The molecule has 0 amide bonds. The zero-order chi connectivity index (χ0) is 15.6. The molecule has 0 aliphatic carbocycles. The lowest BCUT2D eigenvalue weighted by atomic mass is 10.2. The van der Waals surface area contributed by atoms with Gasteiger partial charge in [-0.15, -0.1) is 0 Å². The number of nitro groups is 1. The van der Waals surface area contributed by atoms with E-state index in [4.69, 9.17) is 4.74 Å². The van der Waals surface area contributed by atoms with Gasteiger partial charge in [-0.1, -0.05) is 22.0 Å². The predicted octanol–water partition coefficient (Wildman–Crippen LogP) is 5.95. The number of hydrogen-bond donors (Lipinski definition) is 0. The first-order chi connectivity index (χ1) is 9.92. The van der Waals surface area contributed by atoms with Crippen LogP contribution < -0.4 is 4.74 Å². The highest BCUT2D eigenvalue weighted by Gasteiger charge is 2.17. The summed E-state index contributed by atoms with van der Waals surface area (Å²) in [5.41, 5.74) is 0.679. The van der Waals surface area contributed by atoms with E-state index in [1.165, 1.54) is 24.3 Å². The van der Waals surface area contributed by atoms with Crippen molar-refractivity contribution in [1.82, 2.24) is 0 Å². The second-order valence-corrected chi connectivity index (χ2v) is 6.27. The molecule has 4 nitrogen and oxygen atoms in total. The number of rotatable bonds is 4. The van der Waals surface area contributed by atoms with Crippen LogP contribution in [0.3, 0.4) is 0 Å². The van der Waals surface area contributed by atoms with Crippen molar-refractivity contribution in [2.45, 2.75) is 5.33 Å². The maximum absolute atomic E-state index is 13.9. The Hall–Kier alpha value is -0.990. The summed E-state index contributed by atoms with van der Waals surface area (Å²) in [6.45, 7) is 0. The molecule has 21 heavy (non-hydrogen) atoms. The minimum atomic E-state index is -0.523. The molecule has 2 aromatic rings. The summed E-state index contributed by atoms with van der Waals surface area (Å²) < 4.78 is 20.1. The van der Waals surface area contributed by atoms with Crippen molar-refractivity contribution < 1.29 is 14.1 Å². The quantitative estimate of drug-likeness (QED) is 0.307. The molecular weight excluding hydrogens is 477 g/mol. The van der Waals surface area contributed by atoms with Gasteiger partial charge >= 0.3 is 0 Å². The van der Waals surface area contributed by atoms with E-state index >= 15 is 0 Å². The van der Waals surface area contributed by atoms with Crippen LogP contribution in [0.2, 0.25) is 0 Å². The molecule has 110 valence electrons. The van der Waals surface area contributed by atoms with Crippen LogP contribution in [0, 0.1) is 15.9 Å². The van der Waals surface area contributed by atoms with E-state index in [2.05, 4.69) is 47.8 Å². The topological polar surface area (TPSA) is 52.4 Å². The number of nitrogens with zero attached hydrogens (tertiary/aromatic N) is 1. The van der Waals surface area contributed by atoms with Gasteiger partial charge in [0, 0.05) is 17.5 Å². The van der Waals surface area contributed by atoms with Crippen LogP contribution in [0.5, 0.6) is 11.5 Å². The van der Waals surface area contributed by atoms with Gasteiger partial charge < -0.3 is 4.74 Å².